The van der Waals surface area contributed by atoms with Crippen molar-refractivity contribution in [3.05, 3.63) is 41.8 Å². The first-order valence-corrected chi connectivity index (χ1v) is 6.34. The summed E-state index contributed by atoms with van der Waals surface area (Å²) < 4.78 is 1.05. The summed E-state index contributed by atoms with van der Waals surface area (Å²) in [5.74, 6) is 0.170. The molecule has 0 unspecified atom stereocenters. The first-order valence-electron chi connectivity index (χ1n) is 5.46. The second-order valence-electron chi connectivity index (χ2n) is 3.74. The molecule has 3 aromatic rings. The number of rotatable bonds is 2. The van der Waals surface area contributed by atoms with Gasteiger partial charge in [0, 0.05) is 28.7 Å². The van der Waals surface area contributed by atoms with E-state index in [0.717, 1.165) is 10.1 Å². The van der Waals surface area contributed by atoms with E-state index in [0.29, 0.717) is 5.82 Å². The number of anilines is 2. The summed E-state index contributed by atoms with van der Waals surface area (Å²) in [7, 11) is 0. The molecule has 94 valence electrons. The quantitative estimate of drug-likeness (QED) is 0.742. The Morgan fingerprint density at radius 1 is 1.16 bits per heavy atom. The molecule has 0 aliphatic rings. The third-order valence-corrected chi connectivity index (χ3v) is 3.44. The molecule has 7 heteroatoms. The summed E-state index contributed by atoms with van der Waals surface area (Å²) in [5, 5.41) is 5.54. The van der Waals surface area contributed by atoms with Crippen molar-refractivity contribution in [1.82, 2.24) is 15.0 Å². The van der Waals surface area contributed by atoms with Crippen molar-refractivity contribution in [2.24, 2.45) is 0 Å². The average molecular weight is 271 g/mol. The number of pyridine rings is 1. The predicted octanol–water partition coefficient (Wildman–Crippen LogP) is 1.92. The molecule has 6 nitrogen and oxygen atoms in total. The summed E-state index contributed by atoms with van der Waals surface area (Å²) in [6, 6.07) is 3.80. The zero-order valence-corrected chi connectivity index (χ0v) is 10.5. The zero-order chi connectivity index (χ0) is 13.2. The summed E-state index contributed by atoms with van der Waals surface area (Å²) in [5.41, 5.74) is 5.71. The SMILES string of the molecule is Nc1nccnc1C(=O)Nc1nccc2sccc12. The van der Waals surface area contributed by atoms with Gasteiger partial charge in [0.2, 0.25) is 0 Å². The normalized spacial score (nSPS) is 10.5. The number of carbonyl (C=O) groups excluding carboxylic acids is 1. The van der Waals surface area contributed by atoms with Crippen LogP contribution in [0.1, 0.15) is 10.5 Å². The van der Waals surface area contributed by atoms with Crippen LogP contribution in [0.3, 0.4) is 0 Å². The molecule has 0 saturated carbocycles. The van der Waals surface area contributed by atoms with Crippen LogP contribution in [0.15, 0.2) is 36.1 Å². The number of nitrogen functional groups attached to an aromatic ring is 1. The van der Waals surface area contributed by atoms with Crippen molar-refractivity contribution in [2.75, 3.05) is 11.1 Å². The summed E-state index contributed by atoms with van der Waals surface area (Å²) in [6.07, 6.45) is 4.50. The van der Waals surface area contributed by atoms with Gasteiger partial charge in [-0.15, -0.1) is 11.3 Å². The van der Waals surface area contributed by atoms with Crippen LogP contribution in [0.25, 0.3) is 10.1 Å². The number of thiophene rings is 1. The summed E-state index contributed by atoms with van der Waals surface area (Å²) >= 11 is 1.58. The van der Waals surface area contributed by atoms with E-state index >= 15 is 0 Å². The molecule has 19 heavy (non-hydrogen) atoms. The lowest BCUT2D eigenvalue weighted by Gasteiger charge is -2.06. The maximum atomic E-state index is 12.1. The van der Waals surface area contributed by atoms with Crippen molar-refractivity contribution in [3.63, 3.8) is 0 Å². The molecule has 3 aromatic heterocycles. The Hall–Kier alpha value is -2.54. The number of carbonyl (C=O) groups is 1. The maximum Gasteiger partial charge on any atom is 0.279 e. The minimum Gasteiger partial charge on any atom is -0.382 e. The highest BCUT2D eigenvalue weighted by Gasteiger charge is 2.14. The standard InChI is InChI=1S/C12H9N5OS/c13-10-9(14-4-5-15-10)12(18)17-11-7-2-6-19-8(7)1-3-16-11/h1-6H,(H2,13,15)(H,16,17,18). The molecule has 1 amide bonds. The summed E-state index contributed by atoms with van der Waals surface area (Å²) in [4.78, 5) is 24.0. The van der Waals surface area contributed by atoms with Crippen molar-refractivity contribution in [1.29, 1.82) is 0 Å². The second-order valence-corrected chi connectivity index (χ2v) is 4.68. The van der Waals surface area contributed by atoms with Gasteiger partial charge in [-0.05, 0) is 17.5 Å². The topological polar surface area (TPSA) is 93.8 Å². The number of amides is 1. The maximum absolute atomic E-state index is 12.1. The Balaban J connectivity index is 1.95. The van der Waals surface area contributed by atoms with Gasteiger partial charge >= 0.3 is 0 Å². The van der Waals surface area contributed by atoms with E-state index in [4.69, 9.17) is 5.73 Å². The Labute approximate surface area is 112 Å². The first-order chi connectivity index (χ1) is 9.25. The molecular formula is C12H9N5OS. The lowest BCUT2D eigenvalue weighted by molar-refractivity contribution is 0.102. The predicted molar refractivity (Wildman–Crippen MR) is 74.0 cm³/mol. The second kappa shape index (κ2) is 4.62. The zero-order valence-electron chi connectivity index (χ0n) is 9.70. The van der Waals surface area contributed by atoms with Gasteiger partial charge in [-0.1, -0.05) is 0 Å². The van der Waals surface area contributed by atoms with Crippen molar-refractivity contribution >= 4 is 39.0 Å². The Morgan fingerprint density at radius 3 is 2.84 bits per heavy atom. The highest BCUT2D eigenvalue weighted by atomic mass is 32.1. The monoisotopic (exact) mass is 271 g/mol. The number of nitrogens with one attached hydrogen (secondary N) is 1. The van der Waals surface area contributed by atoms with Gasteiger partial charge in [-0.2, -0.15) is 0 Å². The van der Waals surface area contributed by atoms with E-state index < -0.39 is 5.91 Å². The van der Waals surface area contributed by atoms with Crippen molar-refractivity contribution in [2.45, 2.75) is 0 Å². The molecule has 0 aliphatic heterocycles. The molecule has 3 N–H and O–H groups in total. The van der Waals surface area contributed by atoms with Crippen LogP contribution in [0.4, 0.5) is 11.6 Å². The molecular weight excluding hydrogens is 262 g/mol. The fraction of sp³-hybridized carbons (Fsp3) is 0. The molecule has 0 saturated heterocycles. The van der Waals surface area contributed by atoms with Crippen LogP contribution in [0.5, 0.6) is 0 Å². The molecule has 0 aromatic carbocycles. The minimum atomic E-state index is -0.420. The van der Waals surface area contributed by atoms with E-state index in [-0.39, 0.29) is 11.5 Å². The number of hydrogen-bond donors (Lipinski definition) is 2. The molecule has 0 aliphatic carbocycles. The van der Waals surface area contributed by atoms with E-state index in [1.54, 1.807) is 17.5 Å². The number of nitrogens with zero attached hydrogens (tertiary/aromatic N) is 3. The van der Waals surface area contributed by atoms with Gasteiger partial charge in [-0.3, -0.25) is 4.79 Å². The Kier molecular flexibility index (Phi) is 2.81. The highest BCUT2D eigenvalue weighted by Crippen LogP contribution is 2.26. The fourth-order valence-corrected chi connectivity index (χ4v) is 2.47. The first kappa shape index (κ1) is 11.5. The minimum absolute atomic E-state index is 0.0940. The molecule has 0 spiro atoms. The van der Waals surface area contributed by atoms with Crippen molar-refractivity contribution < 1.29 is 4.79 Å². The van der Waals surface area contributed by atoms with Crippen LogP contribution < -0.4 is 11.1 Å². The molecule has 0 bridgehead atoms. The van der Waals surface area contributed by atoms with Crippen LogP contribution in [-0.4, -0.2) is 20.9 Å². The summed E-state index contributed by atoms with van der Waals surface area (Å²) in [6.45, 7) is 0. The Bertz CT molecular complexity index is 754. The molecule has 0 atom stereocenters. The van der Waals surface area contributed by atoms with E-state index in [1.165, 1.54) is 12.4 Å². The number of hydrogen-bond acceptors (Lipinski definition) is 6. The lowest BCUT2D eigenvalue weighted by Crippen LogP contribution is -2.17. The number of fused-ring (bicyclic) bond motifs is 1. The molecule has 3 heterocycles. The van der Waals surface area contributed by atoms with Crippen LogP contribution >= 0.6 is 11.3 Å². The van der Waals surface area contributed by atoms with Gasteiger partial charge in [0.15, 0.2) is 11.5 Å². The van der Waals surface area contributed by atoms with Gasteiger partial charge in [0.1, 0.15) is 5.82 Å². The van der Waals surface area contributed by atoms with Crippen LogP contribution in [0.2, 0.25) is 0 Å². The highest BCUT2D eigenvalue weighted by molar-refractivity contribution is 7.17. The smallest absolute Gasteiger partial charge is 0.279 e. The third kappa shape index (κ3) is 2.11. The molecule has 0 fully saturated rings. The third-order valence-electron chi connectivity index (χ3n) is 2.55. The number of aromatic nitrogens is 3. The Morgan fingerprint density at radius 2 is 2.00 bits per heavy atom. The molecule has 0 radical (unpaired) electrons. The lowest BCUT2D eigenvalue weighted by atomic mass is 10.3. The largest absolute Gasteiger partial charge is 0.382 e. The van der Waals surface area contributed by atoms with Gasteiger partial charge < -0.3 is 11.1 Å². The van der Waals surface area contributed by atoms with E-state index in [1.807, 2.05) is 17.5 Å². The number of nitrogens with two attached hydrogens (primary N) is 1. The fourth-order valence-electron chi connectivity index (χ4n) is 1.68. The van der Waals surface area contributed by atoms with Crippen LogP contribution in [-0.2, 0) is 0 Å². The van der Waals surface area contributed by atoms with Crippen molar-refractivity contribution in [3.8, 4) is 0 Å². The van der Waals surface area contributed by atoms with Gasteiger partial charge in [0.05, 0.1) is 0 Å². The van der Waals surface area contributed by atoms with E-state index in [9.17, 15) is 4.79 Å². The van der Waals surface area contributed by atoms with E-state index in [2.05, 4.69) is 20.3 Å². The molecule has 3 rings (SSSR count). The van der Waals surface area contributed by atoms with Gasteiger partial charge in [0.25, 0.3) is 5.91 Å². The van der Waals surface area contributed by atoms with Gasteiger partial charge in [-0.25, -0.2) is 15.0 Å². The van der Waals surface area contributed by atoms with Crippen LogP contribution in [0, 0.1) is 0 Å². The average Bonchev–Trinajstić information content (AvgIpc) is 2.88.